The van der Waals surface area contributed by atoms with Gasteiger partial charge < -0.3 is 5.11 Å². The number of hydrogen-bond donors (Lipinski definition) is 1. The molecule has 0 amide bonds. The van der Waals surface area contributed by atoms with Crippen LogP contribution in [0.1, 0.15) is 27.8 Å². The van der Waals surface area contributed by atoms with Crippen molar-refractivity contribution in [3.05, 3.63) is 107 Å². The Kier molecular flexibility index (Phi) is 6.80. The van der Waals surface area contributed by atoms with E-state index in [1.807, 2.05) is 6.07 Å². The molecule has 0 aromatic heterocycles. The van der Waals surface area contributed by atoms with E-state index in [1.54, 1.807) is 0 Å². The molecule has 27 heavy (non-hydrogen) atoms. The van der Waals surface area contributed by atoms with Gasteiger partial charge in [-0.1, -0.05) is 90.0 Å². The molecule has 0 heterocycles. The van der Waals surface area contributed by atoms with E-state index in [1.165, 1.54) is 27.8 Å². The maximum Gasteiger partial charge on any atom is 0.0590 e. The fourth-order valence-electron chi connectivity index (χ4n) is 3.37. The minimum Gasteiger partial charge on any atom is -0.395 e. The van der Waals surface area contributed by atoms with Gasteiger partial charge in [0.2, 0.25) is 0 Å². The van der Waals surface area contributed by atoms with Crippen LogP contribution >= 0.6 is 0 Å². The van der Waals surface area contributed by atoms with Gasteiger partial charge in [-0.05, 0) is 37.0 Å². The van der Waals surface area contributed by atoms with Gasteiger partial charge in [0, 0.05) is 19.1 Å². The zero-order valence-corrected chi connectivity index (χ0v) is 16.3. The monoisotopic (exact) mass is 359 g/mol. The Hall–Kier alpha value is -2.42. The van der Waals surface area contributed by atoms with Crippen molar-refractivity contribution in [1.82, 2.24) is 4.90 Å². The van der Waals surface area contributed by atoms with Crippen molar-refractivity contribution in [2.45, 2.75) is 39.4 Å². The van der Waals surface area contributed by atoms with Crippen LogP contribution in [0.5, 0.6) is 0 Å². The number of rotatable bonds is 8. The lowest BCUT2D eigenvalue weighted by molar-refractivity contribution is 0.109. The highest BCUT2D eigenvalue weighted by Crippen LogP contribution is 2.18. The molecule has 3 rings (SSSR count). The maximum atomic E-state index is 10.2. The Bertz CT molecular complexity index is 762. The van der Waals surface area contributed by atoms with Crippen LogP contribution in [-0.2, 0) is 19.5 Å². The molecule has 0 unspecified atom stereocenters. The molecule has 1 atom stereocenters. The lowest BCUT2D eigenvalue weighted by Crippen LogP contribution is -2.38. The lowest BCUT2D eigenvalue weighted by Gasteiger charge is -2.31. The molecule has 0 saturated heterocycles. The zero-order valence-electron chi connectivity index (χ0n) is 16.3. The van der Waals surface area contributed by atoms with Gasteiger partial charge in [-0.2, -0.15) is 0 Å². The molecule has 3 aromatic carbocycles. The third kappa shape index (κ3) is 5.78. The molecular weight excluding hydrogens is 330 g/mol. The first kappa shape index (κ1) is 19.3. The second kappa shape index (κ2) is 9.50. The second-order valence-corrected chi connectivity index (χ2v) is 7.40. The topological polar surface area (TPSA) is 23.5 Å². The second-order valence-electron chi connectivity index (χ2n) is 7.40. The van der Waals surface area contributed by atoms with Gasteiger partial charge in [-0.15, -0.1) is 0 Å². The van der Waals surface area contributed by atoms with E-state index in [4.69, 9.17) is 0 Å². The first-order chi connectivity index (χ1) is 13.1. The van der Waals surface area contributed by atoms with Crippen molar-refractivity contribution in [3.8, 4) is 0 Å². The first-order valence-electron chi connectivity index (χ1n) is 9.64. The molecule has 0 spiro atoms. The summed E-state index contributed by atoms with van der Waals surface area (Å²) in [5.41, 5.74) is 6.35. The SMILES string of the molecule is Cc1ccc(CN(Cc2ccc(C)cc2)[C@H](CO)Cc2ccccc2)cc1. The molecular formula is C25H29NO. The number of aliphatic hydroxyl groups is 1. The number of benzene rings is 3. The van der Waals surface area contributed by atoms with E-state index in [2.05, 4.69) is 91.5 Å². The minimum absolute atomic E-state index is 0.0787. The molecule has 1 N–H and O–H groups in total. The molecule has 0 saturated carbocycles. The van der Waals surface area contributed by atoms with Gasteiger partial charge in [-0.25, -0.2) is 0 Å². The van der Waals surface area contributed by atoms with E-state index in [0.29, 0.717) is 0 Å². The molecule has 2 heteroatoms. The summed E-state index contributed by atoms with van der Waals surface area (Å²) in [7, 11) is 0. The average molecular weight is 360 g/mol. The van der Waals surface area contributed by atoms with Crippen LogP contribution in [0.3, 0.4) is 0 Å². The van der Waals surface area contributed by atoms with Crippen LogP contribution in [0.15, 0.2) is 78.9 Å². The van der Waals surface area contributed by atoms with Crippen molar-refractivity contribution in [2.24, 2.45) is 0 Å². The summed E-state index contributed by atoms with van der Waals surface area (Å²) < 4.78 is 0. The summed E-state index contributed by atoms with van der Waals surface area (Å²) in [6.45, 7) is 6.02. The largest absolute Gasteiger partial charge is 0.395 e. The smallest absolute Gasteiger partial charge is 0.0590 e. The Morgan fingerprint density at radius 2 is 1.15 bits per heavy atom. The van der Waals surface area contributed by atoms with Gasteiger partial charge in [0.25, 0.3) is 0 Å². The number of hydrogen-bond acceptors (Lipinski definition) is 2. The highest BCUT2D eigenvalue weighted by Gasteiger charge is 2.19. The molecule has 140 valence electrons. The molecule has 0 aliphatic carbocycles. The van der Waals surface area contributed by atoms with Gasteiger partial charge in [0.1, 0.15) is 0 Å². The normalized spacial score (nSPS) is 12.3. The van der Waals surface area contributed by atoms with E-state index >= 15 is 0 Å². The summed E-state index contributed by atoms with van der Waals surface area (Å²) in [6, 6.07) is 27.9. The van der Waals surface area contributed by atoms with Crippen LogP contribution in [0.25, 0.3) is 0 Å². The van der Waals surface area contributed by atoms with E-state index < -0.39 is 0 Å². The number of nitrogens with zero attached hydrogens (tertiary/aromatic N) is 1. The van der Waals surface area contributed by atoms with E-state index in [0.717, 1.165) is 19.5 Å². The fourth-order valence-corrected chi connectivity index (χ4v) is 3.37. The van der Waals surface area contributed by atoms with Crippen LogP contribution in [-0.4, -0.2) is 22.7 Å². The Balaban J connectivity index is 1.81. The van der Waals surface area contributed by atoms with Crippen LogP contribution in [0.4, 0.5) is 0 Å². The molecule has 0 aliphatic heterocycles. The Morgan fingerprint density at radius 3 is 1.59 bits per heavy atom. The first-order valence-corrected chi connectivity index (χ1v) is 9.64. The molecule has 0 fully saturated rings. The highest BCUT2D eigenvalue weighted by molar-refractivity contribution is 5.24. The summed E-state index contributed by atoms with van der Waals surface area (Å²) in [5, 5.41) is 10.2. The van der Waals surface area contributed by atoms with Gasteiger partial charge in [0.15, 0.2) is 0 Å². The van der Waals surface area contributed by atoms with Crippen LogP contribution in [0, 0.1) is 13.8 Å². The molecule has 3 aromatic rings. The molecule has 0 aliphatic rings. The molecule has 0 radical (unpaired) electrons. The third-order valence-electron chi connectivity index (χ3n) is 5.05. The maximum absolute atomic E-state index is 10.2. The predicted molar refractivity (Wildman–Crippen MR) is 113 cm³/mol. The van der Waals surface area contributed by atoms with E-state index in [9.17, 15) is 5.11 Å². The van der Waals surface area contributed by atoms with Gasteiger partial charge in [0.05, 0.1) is 6.61 Å². The summed E-state index contributed by atoms with van der Waals surface area (Å²) in [6.07, 6.45) is 0.842. The summed E-state index contributed by atoms with van der Waals surface area (Å²) in [5.74, 6) is 0. The number of aryl methyl sites for hydroxylation is 2. The predicted octanol–water partition coefficient (Wildman–Crippen LogP) is 4.91. The minimum atomic E-state index is 0.0787. The standard InChI is InChI=1S/C25H29NO/c1-20-8-12-23(13-9-20)17-26(18-24-14-10-21(2)11-15-24)25(19-27)16-22-6-4-3-5-7-22/h3-15,25,27H,16-19H2,1-2H3/t25-/m0/s1. The van der Waals surface area contributed by atoms with E-state index in [-0.39, 0.29) is 12.6 Å². The summed E-state index contributed by atoms with van der Waals surface area (Å²) >= 11 is 0. The molecule has 0 bridgehead atoms. The van der Waals surface area contributed by atoms with Crippen molar-refractivity contribution in [3.63, 3.8) is 0 Å². The molecule has 2 nitrogen and oxygen atoms in total. The quantitative estimate of drug-likeness (QED) is 0.618. The Morgan fingerprint density at radius 1 is 0.667 bits per heavy atom. The zero-order chi connectivity index (χ0) is 19.1. The number of aliphatic hydroxyl groups excluding tert-OH is 1. The van der Waals surface area contributed by atoms with Crippen molar-refractivity contribution in [1.29, 1.82) is 0 Å². The van der Waals surface area contributed by atoms with Crippen molar-refractivity contribution in [2.75, 3.05) is 6.61 Å². The van der Waals surface area contributed by atoms with Crippen LogP contribution in [0.2, 0.25) is 0 Å². The van der Waals surface area contributed by atoms with Crippen molar-refractivity contribution < 1.29 is 5.11 Å². The highest BCUT2D eigenvalue weighted by atomic mass is 16.3. The van der Waals surface area contributed by atoms with Gasteiger partial charge in [-0.3, -0.25) is 4.90 Å². The van der Waals surface area contributed by atoms with Crippen LogP contribution < -0.4 is 0 Å². The Labute approximate surface area is 163 Å². The average Bonchev–Trinajstić information content (AvgIpc) is 2.70. The lowest BCUT2D eigenvalue weighted by atomic mass is 10.0. The van der Waals surface area contributed by atoms with Gasteiger partial charge >= 0.3 is 0 Å². The third-order valence-corrected chi connectivity index (χ3v) is 5.05. The summed E-state index contributed by atoms with van der Waals surface area (Å²) in [4.78, 5) is 2.39. The van der Waals surface area contributed by atoms with Crippen molar-refractivity contribution >= 4 is 0 Å². The fraction of sp³-hybridized carbons (Fsp3) is 0.280.